The molecule has 1 aliphatic rings. The SMILES string of the molecule is C=C(C)CC(C)(C)C1(C(C)(C)CCC)CC(C)(C)CC(C)(C)N(c2bcc(S(=O)[O-])cc2-c2c[nH]c(=O)c3[nH]ccc23)CC(C)(C)CC1(C)C. The quantitative estimate of drug-likeness (QED) is 0.171. The number of hydrogen-bond acceptors (Lipinski definition) is 4. The number of allylic oxidation sites excluding steroid dienone is 1. The summed E-state index contributed by atoms with van der Waals surface area (Å²) in [6, 6.07) is 3.67. The zero-order valence-electron chi connectivity index (χ0n) is 33.7. The summed E-state index contributed by atoms with van der Waals surface area (Å²) in [5.74, 6) is 1.72. The first-order valence-corrected chi connectivity index (χ1v) is 19.7. The van der Waals surface area contributed by atoms with Gasteiger partial charge >= 0.3 is 307 Å². The molecule has 6 nitrogen and oxygen atoms in total. The van der Waals surface area contributed by atoms with Gasteiger partial charge in [-0.1, -0.05) is 0 Å². The van der Waals surface area contributed by atoms with E-state index in [1.54, 1.807) is 24.4 Å². The number of rotatable bonds is 9. The van der Waals surface area contributed by atoms with Gasteiger partial charge in [-0.2, -0.15) is 0 Å². The van der Waals surface area contributed by atoms with E-state index in [0.29, 0.717) is 5.52 Å². The Morgan fingerprint density at radius 3 is 2.20 bits per heavy atom. The molecule has 276 valence electrons. The molecule has 50 heavy (non-hydrogen) atoms. The second kappa shape index (κ2) is 13.5. The van der Waals surface area contributed by atoms with E-state index < -0.39 is 11.1 Å². The van der Waals surface area contributed by atoms with Crippen molar-refractivity contribution in [1.82, 2.24) is 9.97 Å². The van der Waals surface area contributed by atoms with Crippen LogP contribution in [0.1, 0.15) is 135 Å². The van der Waals surface area contributed by atoms with Crippen molar-refractivity contribution in [1.29, 1.82) is 0 Å². The van der Waals surface area contributed by atoms with Gasteiger partial charge in [0.15, 0.2) is 0 Å². The fraction of sp³-hybridized carbons (Fsp3) is 0.667. The molecule has 3 aromatic rings. The maximum absolute atomic E-state index is 12.8. The summed E-state index contributed by atoms with van der Waals surface area (Å²) in [6.45, 7) is 41.5. The molecule has 1 saturated heterocycles. The van der Waals surface area contributed by atoms with Gasteiger partial charge in [0.05, 0.1) is 0 Å². The number of fused-ring (bicyclic) bond motifs is 1. The molecule has 0 aliphatic carbocycles. The molecule has 0 aromatic carbocycles. The monoisotopic (exact) mass is 702 g/mol. The van der Waals surface area contributed by atoms with Crippen LogP contribution in [-0.4, -0.2) is 37.7 Å². The van der Waals surface area contributed by atoms with E-state index >= 15 is 0 Å². The third-order valence-electron chi connectivity index (χ3n) is 12.3. The number of nitrogens with zero attached hydrogens (tertiary/aromatic N) is 1. The molecule has 3 aromatic heterocycles. The topological polar surface area (TPSA) is 92.0 Å². The van der Waals surface area contributed by atoms with Crippen LogP contribution in [0.15, 0.2) is 52.3 Å². The van der Waals surface area contributed by atoms with Crippen molar-refractivity contribution < 1.29 is 8.76 Å². The molecule has 1 fully saturated rings. The van der Waals surface area contributed by atoms with Crippen LogP contribution in [0, 0.1) is 32.5 Å². The van der Waals surface area contributed by atoms with Crippen molar-refractivity contribution in [2.75, 3.05) is 11.4 Å². The first kappa shape index (κ1) is 40.3. The third-order valence-corrected chi connectivity index (χ3v) is 13.0. The molecule has 8 heteroatoms. The van der Waals surface area contributed by atoms with E-state index in [0.717, 1.165) is 67.2 Å². The third kappa shape index (κ3) is 7.40. The number of nitrogens with one attached hydrogen (secondary N) is 2. The summed E-state index contributed by atoms with van der Waals surface area (Å²) in [5.41, 5.74) is 3.57. The van der Waals surface area contributed by atoms with Crippen LogP contribution >= 0.6 is 0 Å². The minimum absolute atomic E-state index is 0.0134. The first-order chi connectivity index (χ1) is 22.7. The fourth-order valence-electron chi connectivity index (χ4n) is 12.1. The Balaban J connectivity index is 2.02. The molecule has 0 saturated carbocycles. The fourth-order valence-corrected chi connectivity index (χ4v) is 12.5. The van der Waals surface area contributed by atoms with Crippen LogP contribution in [0.5, 0.6) is 0 Å². The Bertz CT molecular complexity index is 1810. The molecular formula is C42H65BN3O3S-. The first-order valence-electron chi connectivity index (χ1n) is 18.6. The molecule has 4 rings (SSSR count). The average Bonchev–Trinajstić information content (AvgIpc) is 3.43. The van der Waals surface area contributed by atoms with Gasteiger partial charge in [0.25, 0.3) is 0 Å². The standard InChI is InChI=1S/C42H66BN3O3S/c1-16-18-38(8,9)42(39(10,11)21-28(2)3)26-36(4,5)25-41(14,15)46(27-37(6,7)24-40(42,12)13)34-31(20-29(22-43-34)50(48)49)32-23-45-35(47)33-30(32)17-19-44-33/h17,19-20,22-23,44H,2,16,18,21,24-27H2,1,3-15H3,(H,45,47)(H,48,49)/p-1. The second-order valence-corrected chi connectivity index (χ2v) is 20.9. The van der Waals surface area contributed by atoms with Gasteiger partial charge in [-0.25, -0.2) is 0 Å². The molecular weight excluding hydrogens is 637 g/mol. The van der Waals surface area contributed by atoms with Crippen molar-refractivity contribution >= 4 is 34.5 Å². The van der Waals surface area contributed by atoms with Crippen LogP contribution < -0.4 is 10.5 Å². The van der Waals surface area contributed by atoms with Crippen molar-refractivity contribution in [2.24, 2.45) is 32.5 Å². The van der Waals surface area contributed by atoms with Crippen molar-refractivity contribution in [2.45, 2.75) is 146 Å². The number of pyridine rings is 1. The minimum atomic E-state index is -2.41. The average molecular weight is 703 g/mol. The van der Waals surface area contributed by atoms with Crippen LogP contribution in [0.4, 0.5) is 5.58 Å². The van der Waals surface area contributed by atoms with E-state index in [9.17, 15) is 13.6 Å². The molecule has 0 radical (unpaired) electrons. The van der Waals surface area contributed by atoms with Gasteiger partial charge in [0.2, 0.25) is 0 Å². The van der Waals surface area contributed by atoms with Crippen molar-refractivity contribution in [3.8, 4) is 11.1 Å². The second-order valence-electron chi connectivity index (χ2n) is 19.9. The maximum atomic E-state index is 12.8. The normalized spacial score (nSPS) is 23.0. The van der Waals surface area contributed by atoms with Gasteiger partial charge in [0.1, 0.15) is 0 Å². The summed E-state index contributed by atoms with van der Waals surface area (Å²) >= 11 is -2.41. The zero-order chi connectivity index (χ0) is 37.9. The van der Waals surface area contributed by atoms with Crippen LogP contribution in [0.25, 0.3) is 22.0 Å². The van der Waals surface area contributed by atoms with E-state index in [-0.39, 0.29) is 48.5 Å². The van der Waals surface area contributed by atoms with Crippen molar-refractivity contribution in [3.63, 3.8) is 0 Å². The number of hydrogen-bond donors (Lipinski definition) is 2. The number of aromatic amines is 2. The Morgan fingerprint density at radius 1 is 0.980 bits per heavy atom. The summed E-state index contributed by atoms with van der Waals surface area (Å²) in [5, 5.41) is 0.770. The number of aromatic nitrogens is 2. The molecule has 2 N–H and O–H groups in total. The van der Waals surface area contributed by atoms with Gasteiger partial charge in [-0.3, -0.25) is 0 Å². The molecule has 0 spiro atoms. The van der Waals surface area contributed by atoms with Gasteiger partial charge in [-0.15, -0.1) is 0 Å². The molecule has 2 unspecified atom stereocenters. The van der Waals surface area contributed by atoms with Crippen molar-refractivity contribution in [3.05, 3.63) is 53.0 Å². The Kier molecular flexibility index (Phi) is 10.9. The Morgan fingerprint density at radius 2 is 1.62 bits per heavy atom. The predicted molar refractivity (Wildman–Crippen MR) is 214 cm³/mol. The van der Waals surface area contributed by atoms with Gasteiger partial charge < -0.3 is 0 Å². The molecule has 0 amide bonds. The molecule has 4 heterocycles. The van der Waals surface area contributed by atoms with E-state index in [1.807, 2.05) is 13.0 Å². The zero-order valence-corrected chi connectivity index (χ0v) is 34.5. The van der Waals surface area contributed by atoms with Gasteiger partial charge in [0, 0.05) is 0 Å². The number of H-pyrrole nitrogens is 2. The molecule has 2 atom stereocenters. The van der Waals surface area contributed by atoms with E-state index in [1.165, 1.54) is 5.57 Å². The predicted octanol–water partition coefficient (Wildman–Crippen LogP) is 10.8. The molecule has 1 aliphatic heterocycles. The summed E-state index contributed by atoms with van der Waals surface area (Å²) in [6.07, 6.45) is 9.79. The Hall–Kier alpha value is -2.45. The van der Waals surface area contributed by atoms with Gasteiger partial charge in [-0.05, 0) is 0 Å². The summed E-state index contributed by atoms with van der Waals surface area (Å²) in [4.78, 5) is 21.5. The van der Waals surface area contributed by atoms with E-state index in [2.05, 4.69) is 118 Å². The summed E-state index contributed by atoms with van der Waals surface area (Å²) in [7, 11) is 0. The Labute approximate surface area is 306 Å². The summed E-state index contributed by atoms with van der Waals surface area (Å²) < 4.78 is 24.7. The number of anilines is 1. The van der Waals surface area contributed by atoms with Crippen LogP contribution in [0.2, 0.25) is 0 Å². The van der Waals surface area contributed by atoms with Crippen LogP contribution in [0.3, 0.4) is 0 Å². The molecule has 0 bridgehead atoms. The van der Waals surface area contributed by atoms with Crippen LogP contribution in [-0.2, 0) is 11.1 Å². The van der Waals surface area contributed by atoms with E-state index in [4.69, 9.17) is 0 Å².